The standard InChI is InChI=1S/C43H65N3O4S/c1-30(2)32-12-19-43(45-22-23-46-24-26-51(48,49)27-25-46)21-20-40(6)34(37(32)43)8-9-36-39(5)15-13-33(38(3,4)35(39)14-16-41(36,40)7)31-10-17-42(28-44,18-11-31)50-29-47/h10,13,29,32,34-37,45H,1,8-9,11-12,14-27H2,2-7H3/t32-,34+,35-,36+,37+,39-,40+,41+,42?,43-/m0/s1. The van der Waals surface area contributed by atoms with Crippen molar-refractivity contribution < 1.29 is 17.9 Å². The van der Waals surface area contributed by atoms with Crippen molar-refractivity contribution in [3.63, 3.8) is 0 Å². The SMILES string of the molecule is C=C(C)[C@@H]1CC[C@]2(NCCN3CCS(=O)(=O)CC3)CC[C@]3(C)[C@H](CC[C@@H]4[C@@]5(C)CC=C(C6=CCC(C#N)(OC=O)CC6)C(C)(C)[C@@H]5CC[C@]43C)[C@@H]12. The van der Waals surface area contributed by atoms with Crippen molar-refractivity contribution in [3.8, 4) is 6.07 Å². The molecule has 7 nitrogen and oxygen atoms in total. The molecule has 0 amide bonds. The molecule has 8 heteroatoms. The summed E-state index contributed by atoms with van der Waals surface area (Å²) in [6.45, 7) is 23.6. The van der Waals surface area contributed by atoms with Crippen LogP contribution in [0.4, 0.5) is 0 Å². The summed E-state index contributed by atoms with van der Waals surface area (Å²) in [6.07, 6.45) is 17.8. The van der Waals surface area contributed by atoms with Gasteiger partial charge in [-0.3, -0.25) is 4.79 Å². The fourth-order valence-electron chi connectivity index (χ4n) is 14.4. The van der Waals surface area contributed by atoms with Crippen LogP contribution in [0.5, 0.6) is 0 Å². The van der Waals surface area contributed by atoms with E-state index in [-0.39, 0.29) is 27.2 Å². The molecule has 0 aromatic heterocycles. The number of nitrogens with one attached hydrogen (secondary N) is 1. The quantitative estimate of drug-likeness (QED) is 0.202. The summed E-state index contributed by atoms with van der Waals surface area (Å²) in [4.78, 5) is 13.5. The monoisotopic (exact) mass is 719 g/mol. The van der Waals surface area contributed by atoms with Crippen molar-refractivity contribution >= 4 is 16.3 Å². The van der Waals surface area contributed by atoms with Crippen molar-refractivity contribution in [2.45, 2.75) is 130 Å². The third-order valence-electron chi connectivity index (χ3n) is 17.3. The normalized spacial score (nSPS) is 45.8. The van der Waals surface area contributed by atoms with E-state index >= 15 is 0 Å². The fourth-order valence-corrected chi connectivity index (χ4v) is 15.7. The van der Waals surface area contributed by atoms with Crippen molar-refractivity contribution in [2.75, 3.05) is 37.7 Å². The van der Waals surface area contributed by atoms with Crippen LogP contribution in [0, 0.1) is 62.6 Å². The molecule has 282 valence electrons. The molecule has 1 N–H and O–H groups in total. The minimum Gasteiger partial charge on any atom is -0.445 e. The number of hydrogen-bond donors (Lipinski definition) is 1. The van der Waals surface area contributed by atoms with E-state index in [4.69, 9.17) is 4.74 Å². The van der Waals surface area contributed by atoms with Gasteiger partial charge in [-0.1, -0.05) is 58.9 Å². The maximum absolute atomic E-state index is 12.0. The second kappa shape index (κ2) is 12.8. The van der Waals surface area contributed by atoms with Gasteiger partial charge in [-0.15, -0.1) is 0 Å². The third kappa shape index (κ3) is 5.76. The van der Waals surface area contributed by atoms with Gasteiger partial charge in [0.25, 0.3) is 6.47 Å². The first-order valence-corrected chi connectivity index (χ1v) is 22.1. The summed E-state index contributed by atoms with van der Waals surface area (Å²) >= 11 is 0. The number of rotatable bonds is 8. The Morgan fingerprint density at radius 2 is 1.73 bits per heavy atom. The van der Waals surface area contributed by atoms with Crippen molar-refractivity contribution in [3.05, 3.63) is 35.5 Å². The van der Waals surface area contributed by atoms with Gasteiger partial charge in [-0.2, -0.15) is 5.26 Å². The lowest BCUT2D eigenvalue weighted by atomic mass is 9.33. The fraction of sp³-hybridized carbons (Fsp3) is 0.814. The first kappa shape index (κ1) is 37.4. The molecule has 4 saturated carbocycles. The van der Waals surface area contributed by atoms with Crippen LogP contribution < -0.4 is 5.32 Å². The lowest BCUT2D eigenvalue weighted by Crippen LogP contribution is -2.68. The van der Waals surface area contributed by atoms with Gasteiger partial charge in [0, 0.05) is 44.6 Å². The summed E-state index contributed by atoms with van der Waals surface area (Å²) in [6, 6.07) is 2.28. The Morgan fingerprint density at radius 3 is 2.37 bits per heavy atom. The highest BCUT2D eigenvalue weighted by Gasteiger charge is 2.70. The van der Waals surface area contributed by atoms with Gasteiger partial charge in [0.05, 0.1) is 11.5 Å². The van der Waals surface area contributed by atoms with Crippen LogP contribution >= 0.6 is 0 Å². The van der Waals surface area contributed by atoms with E-state index in [1.165, 1.54) is 68.1 Å². The molecule has 0 aromatic rings. The smallest absolute Gasteiger partial charge is 0.294 e. The largest absolute Gasteiger partial charge is 0.445 e. The van der Waals surface area contributed by atoms with Crippen LogP contribution in [0.3, 0.4) is 0 Å². The molecule has 5 fully saturated rings. The second-order valence-corrected chi connectivity index (χ2v) is 21.9. The summed E-state index contributed by atoms with van der Waals surface area (Å²) < 4.78 is 29.4. The van der Waals surface area contributed by atoms with E-state index in [1.54, 1.807) is 0 Å². The molecule has 0 spiro atoms. The molecule has 1 unspecified atom stereocenters. The number of allylic oxidation sites excluding steroid dienone is 4. The van der Waals surface area contributed by atoms with Gasteiger partial charge in [0.15, 0.2) is 9.84 Å². The van der Waals surface area contributed by atoms with E-state index in [2.05, 4.69) is 76.6 Å². The van der Waals surface area contributed by atoms with Crippen LogP contribution in [0.1, 0.15) is 119 Å². The molecular formula is C43H65N3O4S. The zero-order chi connectivity index (χ0) is 36.7. The van der Waals surface area contributed by atoms with Crippen LogP contribution in [0.2, 0.25) is 0 Å². The number of ether oxygens (including phenoxy) is 1. The maximum Gasteiger partial charge on any atom is 0.294 e. The van der Waals surface area contributed by atoms with Crippen molar-refractivity contribution in [2.24, 2.45) is 51.2 Å². The maximum atomic E-state index is 12.0. The molecule has 7 rings (SSSR count). The highest BCUT2D eigenvalue weighted by molar-refractivity contribution is 7.91. The number of fused-ring (bicyclic) bond motifs is 7. The van der Waals surface area contributed by atoms with Gasteiger partial charge in [-0.25, -0.2) is 8.42 Å². The van der Waals surface area contributed by atoms with E-state index in [1.807, 2.05) is 0 Å². The predicted molar refractivity (Wildman–Crippen MR) is 203 cm³/mol. The average molecular weight is 720 g/mol. The van der Waals surface area contributed by atoms with E-state index < -0.39 is 15.4 Å². The lowest BCUT2D eigenvalue weighted by Gasteiger charge is -2.72. The van der Waals surface area contributed by atoms with Crippen LogP contribution in [0.25, 0.3) is 0 Å². The Kier molecular flexibility index (Phi) is 9.40. The zero-order valence-electron chi connectivity index (χ0n) is 32.5. The molecule has 0 radical (unpaired) electrons. The molecule has 0 aromatic carbocycles. The molecule has 7 aliphatic rings. The Labute approximate surface area is 309 Å². The summed E-state index contributed by atoms with van der Waals surface area (Å²) in [5, 5.41) is 14.0. The molecular weight excluding hydrogens is 655 g/mol. The number of nitriles is 1. The van der Waals surface area contributed by atoms with E-state index in [0.717, 1.165) is 25.9 Å². The highest BCUT2D eigenvalue weighted by atomic mass is 32.2. The highest BCUT2D eigenvalue weighted by Crippen LogP contribution is 2.76. The van der Waals surface area contributed by atoms with Crippen molar-refractivity contribution in [1.82, 2.24) is 10.2 Å². The second-order valence-electron chi connectivity index (χ2n) is 19.6. The Morgan fingerprint density at radius 1 is 0.980 bits per heavy atom. The molecule has 1 aliphatic heterocycles. The number of nitrogens with zero attached hydrogens (tertiary/aromatic N) is 2. The van der Waals surface area contributed by atoms with Crippen LogP contribution in [0.15, 0.2) is 35.5 Å². The van der Waals surface area contributed by atoms with Gasteiger partial charge in [-0.05, 0) is 134 Å². The molecule has 1 heterocycles. The summed E-state index contributed by atoms with van der Waals surface area (Å²) in [7, 11) is -2.86. The number of sulfone groups is 1. The van der Waals surface area contributed by atoms with E-state index in [0.29, 0.717) is 73.5 Å². The first-order valence-electron chi connectivity index (χ1n) is 20.3. The van der Waals surface area contributed by atoms with E-state index in [9.17, 15) is 18.5 Å². The molecule has 10 atom stereocenters. The first-order chi connectivity index (χ1) is 24.0. The molecule has 51 heavy (non-hydrogen) atoms. The lowest BCUT2D eigenvalue weighted by molar-refractivity contribution is -0.221. The molecule has 1 saturated heterocycles. The number of carbonyl (C=O) groups excluding carboxylic acids is 1. The van der Waals surface area contributed by atoms with Crippen molar-refractivity contribution in [1.29, 1.82) is 5.26 Å². The number of carbonyl (C=O) groups is 1. The Bertz CT molecular complexity index is 1630. The third-order valence-corrected chi connectivity index (χ3v) is 18.9. The van der Waals surface area contributed by atoms with Gasteiger partial charge in [0.1, 0.15) is 6.07 Å². The molecule has 0 bridgehead atoms. The Hall–Kier alpha value is -1.95. The van der Waals surface area contributed by atoms with Gasteiger partial charge >= 0.3 is 0 Å². The van der Waals surface area contributed by atoms with Gasteiger partial charge in [0.2, 0.25) is 5.60 Å². The summed E-state index contributed by atoms with van der Waals surface area (Å²) in [5.41, 5.74) is 4.16. The minimum atomic E-state index is -2.86. The summed E-state index contributed by atoms with van der Waals surface area (Å²) in [5.74, 6) is 3.71. The predicted octanol–water partition coefficient (Wildman–Crippen LogP) is 7.80. The zero-order valence-corrected chi connectivity index (χ0v) is 33.3. The van der Waals surface area contributed by atoms with Crippen LogP contribution in [-0.4, -0.2) is 68.6 Å². The average Bonchev–Trinajstić information content (AvgIpc) is 3.46. The minimum absolute atomic E-state index is 0.0385. The van der Waals surface area contributed by atoms with Gasteiger partial charge < -0.3 is 15.0 Å². The Balaban J connectivity index is 1.13. The van der Waals surface area contributed by atoms with Crippen LogP contribution in [-0.2, 0) is 19.4 Å². The topological polar surface area (TPSA) is 99.5 Å². The molecule has 6 aliphatic carbocycles. The number of hydrogen-bond acceptors (Lipinski definition) is 7.